The van der Waals surface area contributed by atoms with Crippen LogP contribution in [0.3, 0.4) is 0 Å². The first-order valence-corrected chi connectivity index (χ1v) is 18.3. The maximum Gasteiger partial charge on any atom is 0.317 e. The number of nitrogens with one attached hydrogen (secondary N) is 2. The summed E-state index contributed by atoms with van der Waals surface area (Å²) in [7, 11) is 0. The number of carbonyl (C=O) groups excluding carboxylic acids is 4. The Bertz CT molecular complexity index is 990. The second-order valence-electron chi connectivity index (χ2n) is 11.8. The number of amides is 4. The van der Waals surface area contributed by atoms with E-state index >= 15 is 0 Å². The minimum atomic E-state index is -0.940. The monoisotopic (exact) mass is 749 g/mol. The van der Waals surface area contributed by atoms with Gasteiger partial charge in [-0.3, -0.25) is 48.3 Å². The summed E-state index contributed by atoms with van der Waals surface area (Å²) < 4.78 is 0. The van der Waals surface area contributed by atoms with Crippen molar-refractivity contribution in [3.05, 3.63) is 0 Å². The number of aliphatic carboxylic acids is 2. The highest BCUT2D eigenvalue weighted by atomic mass is 16.4. The zero-order chi connectivity index (χ0) is 40.2. The standard InChI is InChI=1S/C21H40N6O6.C10H20N2O2.C2H6.CH2O2/c1-2-24-7-9-25(15-19(29)23-6-4-3-5-18(22)28)11-12-27(17-21(32)33)14-13-26(10-8-24)16-20(30)31;1-2-3-4-5-8-12-10(14)7-6-9(11)13;1-2;2-1-3/h2-17H2,1H3,(H2,22,28)(H,23,29)(H,30,31)(H,32,33);2-8H2,1H3,(H2,11,13)(H,12,14);1-2H3;1H,(H,2,3). The summed E-state index contributed by atoms with van der Waals surface area (Å²) in [5.74, 6) is -2.81. The number of carboxylic acid groups (broad SMARTS) is 3. The van der Waals surface area contributed by atoms with Crippen LogP contribution in [-0.4, -0.2) is 169 Å². The van der Waals surface area contributed by atoms with Crippen LogP contribution in [0.25, 0.3) is 0 Å². The van der Waals surface area contributed by atoms with Crippen molar-refractivity contribution in [1.29, 1.82) is 0 Å². The van der Waals surface area contributed by atoms with Gasteiger partial charge in [0.15, 0.2) is 0 Å². The summed E-state index contributed by atoms with van der Waals surface area (Å²) in [4.78, 5) is 83.3. The van der Waals surface area contributed by atoms with Gasteiger partial charge >= 0.3 is 11.9 Å². The third kappa shape index (κ3) is 37.4. The molecule has 18 nitrogen and oxygen atoms in total. The third-order valence-corrected chi connectivity index (χ3v) is 7.59. The van der Waals surface area contributed by atoms with Gasteiger partial charge in [0.1, 0.15) is 0 Å². The SMILES string of the molecule is CC.CCCCCCNC(=O)CCC(N)=O.CCN1CCN(CC(=O)O)CCN(CC(=O)O)CCN(CC(=O)NCCCCC(N)=O)CC1.O=CO. The van der Waals surface area contributed by atoms with Crippen LogP contribution in [0.4, 0.5) is 0 Å². The zero-order valence-electron chi connectivity index (χ0n) is 32.0. The number of primary amides is 2. The number of rotatable bonds is 20. The minimum absolute atomic E-state index is 0.0792. The smallest absolute Gasteiger partial charge is 0.317 e. The lowest BCUT2D eigenvalue weighted by molar-refractivity contribution is -0.140. The first kappa shape index (κ1) is 52.5. The van der Waals surface area contributed by atoms with Crippen molar-refractivity contribution < 1.29 is 48.9 Å². The summed E-state index contributed by atoms with van der Waals surface area (Å²) >= 11 is 0. The van der Waals surface area contributed by atoms with E-state index in [1.54, 1.807) is 4.90 Å². The van der Waals surface area contributed by atoms with Crippen LogP contribution in [-0.2, 0) is 33.6 Å². The van der Waals surface area contributed by atoms with Crippen molar-refractivity contribution >= 4 is 42.0 Å². The van der Waals surface area contributed by atoms with Gasteiger partial charge < -0.3 is 42.3 Å². The highest BCUT2D eigenvalue weighted by Crippen LogP contribution is 2.02. The molecule has 304 valence electrons. The van der Waals surface area contributed by atoms with Gasteiger partial charge in [0.25, 0.3) is 6.47 Å². The normalized spacial score (nSPS) is 14.5. The van der Waals surface area contributed by atoms with Gasteiger partial charge in [-0.1, -0.05) is 47.0 Å². The molecule has 1 aliphatic rings. The lowest BCUT2D eigenvalue weighted by Gasteiger charge is -2.33. The number of hydrogen-bond donors (Lipinski definition) is 7. The van der Waals surface area contributed by atoms with Crippen LogP contribution in [0, 0.1) is 0 Å². The fourth-order valence-corrected chi connectivity index (χ4v) is 4.77. The first-order valence-electron chi connectivity index (χ1n) is 18.3. The molecule has 0 radical (unpaired) electrons. The number of carboxylic acids is 2. The molecule has 18 heteroatoms. The first-order chi connectivity index (χ1) is 24.8. The topological polar surface area (TPSA) is 269 Å². The number of unbranched alkanes of at least 4 members (excludes halogenated alkanes) is 4. The van der Waals surface area contributed by atoms with Crippen LogP contribution in [0.1, 0.15) is 85.5 Å². The van der Waals surface area contributed by atoms with E-state index in [0.717, 1.165) is 25.9 Å². The van der Waals surface area contributed by atoms with E-state index in [2.05, 4.69) is 22.5 Å². The maximum absolute atomic E-state index is 12.4. The summed E-state index contributed by atoms with van der Waals surface area (Å²) in [6.45, 7) is 14.5. The summed E-state index contributed by atoms with van der Waals surface area (Å²) in [6, 6.07) is 0. The van der Waals surface area contributed by atoms with E-state index in [4.69, 9.17) is 21.4 Å². The van der Waals surface area contributed by atoms with Gasteiger partial charge in [-0.05, 0) is 25.8 Å². The Labute approximate surface area is 309 Å². The predicted molar refractivity (Wildman–Crippen MR) is 198 cm³/mol. The fraction of sp³-hybridized carbons (Fsp3) is 0.794. The fourth-order valence-electron chi connectivity index (χ4n) is 4.77. The van der Waals surface area contributed by atoms with Crippen molar-refractivity contribution in [2.75, 3.05) is 91.6 Å². The van der Waals surface area contributed by atoms with Crippen LogP contribution in [0.5, 0.6) is 0 Å². The van der Waals surface area contributed by atoms with Crippen LogP contribution in [0.2, 0.25) is 0 Å². The third-order valence-electron chi connectivity index (χ3n) is 7.59. The van der Waals surface area contributed by atoms with Crippen molar-refractivity contribution in [1.82, 2.24) is 30.2 Å². The van der Waals surface area contributed by atoms with Gasteiger partial charge in [-0.2, -0.15) is 0 Å². The van der Waals surface area contributed by atoms with Gasteiger partial charge in [0, 0.05) is 84.7 Å². The molecule has 0 aromatic heterocycles. The molecule has 1 saturated heterocycles. The molecule has 1 heterocycles. The molecular formula is C34H68N8O10. The van der Waals surface area contributed by atoms with Crippen molar-refractivity contribution in [3.63, 3.8) is 0 Å². The van der Waals surface area contributed by atoms with Gasteiger partial charge in [0.05, 0.1) is 19.6 Å². The summed E-state index contributed by atoms with van der Waals surface area (Å²) in [5.41, 5.74) is 10.0. The van der Waals surface area contributed by atoms with Crippen molar-refractivity contribution in [2.24, 2.45) is 11.5 Å². The van der Waals surface area contributed by atoms with Crippen LogP contribution < -0.4 is 22.1 Å². The Hall–Kier alpha value is -3.87. The van der Waals surface area contributed by atoms with Crippen LogP contribution in [0.15, 0.2) is 0 Å². The van der Waals surface area contributed by atoms with E-state index in [1.165, 1.54) is 12.8 Å². The number of hydrogen-bond acceptors (Lipinski definition) is 11. The van der Waals surface area contributed by atoms with Crippen LogP contribution >= 0.6 is 0 Å². The quantitative estimate of drug-likeness (QED) is 0.0630. The lowest BCUT2D eigenvalue weighted by atomic mass is 10.2. The van der Waals surface area contributed by atoms with Gasteiger partial charge in [-0.15, -0.1) is 0 Å². The molecule has 1 aliphatic heterocycles. The van der Waals surface area contributed by atoms with Gasteiger partial charge in [0.2, 0.25) is 23.6 Å². The van der Waals surface area contributed by atoms with E-state index in [0.29, 0.717) is 78.2 Å². The van der Waals surface area contributed by atoms with Crippen molar-refractivity contribution in [2.45, 2.75) is 85.5 Å². The molecule has 1 fully saturated rings. The molecule has 9 N–H and O–H groups in total. The van der Waals surface area contributed by atoms with E-state index in [1.807, 2.05) is 30.6 Å². The molecule has 0 unspecified atom stereocenters. The molecule has 0 aromatic carbocycles. The molecule has 0 spiro atoms. The Kier molecular flexibility index (Phi) is 37.3. The highest BCUT2D eigenvalue weighted by molar-refractivity contribution is 5.82. The molecule has 4 amide bonds. The molecule has 0 aliphatic carbocycles. The molecule has 0 bridgehead atoms. The predicted octanol–water partition coefficient (Wildman–Crippen LogP) is -0.156. The molecule has 52 heavy (non-hydrogen) atoms. The number of carbonyl (C=O) groups is 7. The average molecular weight is 749 g/mol. The number of nitrogens with zero attached hydrogens (tertiary/aromatic N) is 4. The second kappa shape index (κ2) is 36.9. The number of likely N-dealkylation sites (N-methyl/N-ethyl adjacent to an activating group) is 1. The molecular weight excluding hydrogens is 680 g/mol. The molecule has 0 saturated carbocycles. The van der Waals surface area contributed by atoms with Crippen molar-refractivity contribution in [3.8, 4) is 0 Å². The Morgan fingerprint density at radius 2 is 0.962 bits per heavy atom. The number of nitrogens with two attached hydrogens (primary N) is 2. The molecule has 1 rings (SSSR count). The van der Waals surface area contributed by atoms with E-state index in [9.17, 15) is 39.0 Å². The van der Waals surface area contributed by atoms with E-state index in [-0.39, 0.29) is 56.7 Å². The Morgan fingerprint density at radius 1 is 0.577 bits per heavy atom. The zero-order valence-corrected chi connectivity index (χ0v) is 32.0. The maximum atomic E-state index is 12.4. The summed E-state index contributed by atoms with van der Waals surface area (Å²) in [5, 5.41) is 31.0. The molecule has 0 atom stereocenters. The second-order valence-corrected chi connectivity index (χ2v) is 11.8. The summed E-state index contributed by atoms with van der Waals surface area (Å²) in [6.07, 6.45) is 6.52. The average Bonchev–Trinajstić information content (AvgIpc) is 3.08. The van der Waals surface area contributed by atoms with Gasteiger partial charge in [-0.25, -0.2) is 0 Å². The minimum Gasteiger partial charge on any atom is -0.483 e. The largest absolute Gasteiger partial charge is 0.483 e. The molecule has 0 aromatic rings. The highest BCUT2D eigenvalue weighted by Gasteiger charge is 2.19. The Balaban J connectivity index is -0.00000105. The Morgan fingerprint density at radius 3 is 1.35 bits per heavy atom. The lowest BCUT2D eigenvalue weighted by Crippen LogP contribution is -2.49. The van der Waals surface area contributed by atoms with E-state index < -0.39 is 17.8 Å².